The van der Waals surface area contributed by atoms with Gasteiger partial charge in [-0.05, 0) is 30.8 Å². The molecule has 17 heavy (non-hydrogen) atoms. The van der Waals surface area contributed by atoms with Crippen LogP contribution in [0.3, 0.4) is 0 Å². The molecular formula is C11H20N2O2S2. The van der Waals surface area contributed by atoms with E-state index in [1.807, 2.05) is 12.4 Å². The van der Waals surface area contributed by atoms with Crippen molar-refractivity contribution >= 4 is 21.4 Å². The molecule has 0 unspecified atom stereocenters. The van der Waals surface area contributed by atoms with Gasteiger partial charge in [0.25, 0.3) is 0 Å². The molecule has 0 fully saturated rings. The molecule has 0 radical (unpaired) electrons. The van der Waals surface area contributed by atoms with Crippen molar-refractivity contribution in [2.24, 2.45) is 5.92 Å². The van der Waals surface area contributed by atoms with Crippen LogP contribution in [0, 0.1) is 5.92 Å². The van der Waals surface area contributed by atoms with Crippen molar-refractivity contribution in [1.82, 2.24) is 10.0 Å². The van der Waals surface area contributed by atoms with Gasteiger partial charge in [-0.25, -0.2) is 13.1 Å². The van der Waals surface area contributed by atoms with Crippen LogP contribution in [0.25, 0.3) is 0 Å². The molecule has 1 aromatic rings. The molecule has 0 spiro atoms. The molecule has 1 rings (SSSR count). The molecule has 0 atom stereocenters. The summed E-state index contributed by atoms with van der Waals surface area (Å²) in [6, 6.07) is 1.66. The second-order valence-corrected chi connectivity index (χ2v) is 7.05. The molecule has 6 heteroatoms. The first kappa shape index (κ1) is 14.6. The number of hydrogen-bond acceptors (Lipinski definition) is 4. The van der Waals surface area contributed by atoms with Gasteiger partial charge in [0, 0.05) is 18.0 Å². The molecule has 0 aromatic carbocycles. The minimum atomic E-state index is -3.35. The minimum Gasteiger partial charge on any atom is -0.315 e. The normalized spacial score (nSPS) is 12.2. The molecule has 0 amide bonds. The van der Waals surface area contributed by atoms with Crippen molar-refractivity contribution in [3.8, 4) is 0 Å². The average molecular weight is 276 g/mol. The second kappa shape index (κ2) is 6.49. The Morgan fingerprint density at radius 1 is 1.41 bits per heavy atom. The quantitative estimate of drug-likeness (QED) is 0.798. The van der Waals surface area contributed by atoms with Crippen LogP contribution in [-0.4, -0.2) is 22.0 Å². The summed E-state index contributed by atoms with van der Waals surface area (Å²) in [6.45, 7) is 5.23. The van der Waals surface area contributed by atoms with Gasteiger partial charge in [-0.1, -0.05) is 13.8 Å². The van der Waals surface area contributed by atoms with Crippen molar-refractivity contribution in [1.29, 1.82) is 0 Å². The lowest BCUT2D eigenvalue weighted by Crippen LogP contribution is -2.26. The van der Waals surface area contributed by atoms with E-state index in [1.165, 1.54) is 11.3 Å². The largest absolute Gasteiger partial charge is 0.315 e. The van der Waals surface area contributed by atoms with E-state index in [2.05, 4.69) is 23.9 Å². The third-order valence-corrected chi connectivity index (χ3v) is 4.94. The number of hydrogen-bond donors (Lipinski definition) is 2. The van der Waals surface area contributed by atoms with Crippen LogP contribution < -0.4 is 10.0 Å². The monoisotopic (exact) mass is 276 g/mol. The molecule has 0 aliphatic carbocycles. The highest BCUT2D eigenvalue weighted by Crippen LogP contribution is 2.21. The molecule has 0 saturated carbocycles. The number of nitrogens with one attached hydrogen (secondary N) is 2. The maximum atomic E-state index is 12.0. The minimum absolute atomic E-state index is 0.403. The Bertz CT molecular complexity index is 438. The second-order valence-electron chi connectivity index (χ2n) is 4.32. The fourth-order valence-electron chi connectivity index (χ4n) is 1.42. The van der Waals surface area contributed by atoms with Crippen LogP contribution in [-0.2, 0) is 16.6 Å². The van der Waals surface area contributed by atoms with Crippen LogP contribution in [0.4, 0.5) is 0 Å². The maximum absolute atomic E-state index is 12.0. The highest BCUT2D eigenvalue weighted by atomic mass is 32.2. The summed E-state index contributed by atoms with van der Waals surface area (Å²) in [7, 11) is -1.54. The fourth-order valence-corrected chi connectivity index (χ4v) is 3.92. The zero-order valence-corrected chi connectivity index (χ0v) is 12.1. The van der Waals surface area contributed by atoms with Crippen molar-refractivity contribution in [3.05, 3.63) is 16.3 Å². The topological polar surface area (TPSA) is 58.2 Å². The van der Waals surface area contributed by atoms with Crippen LogP contribution in [0.2, 0.25) is 0 Å². The van der Waals surface area contributed by atoms with E-state index in [4.69, 9.17) is 0 Å². The summed E-state index contributed by atoms with van der Waals surface area (Å²) in [5.41, 5.74) is 0. The van der Waals surface area contributed by atoms with Gasteiger partial charge < -0.3 is 5.32 Å². The van der Waals surface area contributed by atoms with E-state index in [0.29, 0.717) is 23.9 Å². The standard InChI is InChI=1S/C11H20N2O2S2/c1-9(2)4-6-13-17(14,15)11-5-7-16-10(11)8-12-3/h5,7,9,12-13H,4,6,8H2,1-3H3. The van der Waals surface area contributed by atoms with E-state index in [1.54, 1.807) is 6.07 Å². The maximum Gasteiger partial charge on any atom is 0.241 e. The SMILES string of the molecule is CNCc1sccc1S(=O)(=O)NCCC(C)C. The van der Waals surface area contributed by atoms with Gasteiger partial charge in [0.2, 0.25) is 10.0 Å². The highest BCUT2D eigenvalue weighted by molar-refractivity contribution is 7.89. The van der Waals surface area contributed by atoms with Crippen LogP contribution >= 0.6 is 11.3 Å². The van der Waals surface area contributed by atoms with Gasteiger partial charge in [0.05, 0.1) is 4.90 Å². The zero-order chi connectivity index (χ0) is 12.9. The number of rotatable bonds is 7. The Hall–Kier alpha value is -0.430. The Kier molecular flexibility index (Phi) is 5.58. The lowest BCUT2D eigenvalue weighted by Gasteiger charge is -2.08. The van der Waals surface area contributed by atoms with Crippen molar-refractivity contribution in [2.75, 3.05) is 13.6 Å². The Morgan fingerprint density at radius 3 is 2.71 bits per heavy atom. The van der Waals surface area contributed by atoms with Gasteiger partial charge in [-0.2, -0.15) is 0 Å². The molecular weight excluding hydrogens is 256 g/mol. The fraction of sp³-hybridized carbons (Fsp3) is 0.636. The van der Waals surface area contributed by atoms with Gasteiger partial charge in [-0.15, -0.1) is 11.3 Å². The molecule has 0 saturated heterocycles. The van der Waals surface area contributed by atoms with Gasteiger partial charge in [0.1, 0.15) is 0 Å². The van der Waals surface area contributed by atoms with Crippen LogP contribution in [0.1, 0.15) is 25.1 Å². The number of thiophene rings is 1. The average Bonchev–Trinajstić information content (AvgIpc) is 2.66. The molecule has 1 heterocycles. The molecule has 0 aliphatic heterocycles. The summed E-state index contributed by atoms with van der Waals surface area (Å²) in [5, 5.41) is 4.78. The van der Waals surface area contributed by atoms with Crippen LogP contribution in [0.5, 0.6) is 0 Å². The first-order chi connectivity index (χ1) is 7.97. The molecule has 98 valence electrons. The van der Waals surface area contributed by atoms with Crippen molar-refractivity contribution < 1.29 is 8.42 Å². The summed E-state index contributed by atoms with van der Waals surface area (Å²) in [6.07, 6.45) is 0.852. The Morgan fingerprint density at radius 2 is 2.12 bits per heavy atom. The van der Waals surface area contributed by atoms with Crippen LogP contribution in [0.15, 0.2) is 16.3 Å². The predicted molar refractivity (Wildman–Crippen MR) is 71.7 cm³/mol. The lowest BCUT2D eigenvalue weighted by atomic mass is 10.1. The third kappa shape index (κ3) is 4.39. The van der Waals surface area contributed by atoms with Crippen molar-refractivity contribution in [2.45, 2.75) is 31.7 Å². The molecule has 1 aromatic heterocycles. The summed E-state index contributed by atoms with van der Waals surface area (Å²) in [4.78, 5) is 1.25. The molecule has 4 nitrogen and oxygen atoms in total. The van der Waals surface area contributed by atoms with Gasteiger partial charge in [-0.3, -0.25) is 0 Å². The predicted octanol–water partition coefficient (Wildman–Crippen LogP) is 1.79. The van der Waals surface area contributed by atoms with E-state index in [9.17, 15) is 8.42 Å². The van der Waals surface area contributed by atoms with Crippen molar-refractivity contribution in [3.63, 3.8) is 0 Å². The molecule has 2 N–H and O–H groups in total. The molecule has 0 bridgehead atoms. The lowest BCUT2D eigenvalue weighted by molar-refractivity contribution is 0.551. The smallest absolute Gasteiger partial charge is 0.241 e. The Balaban J connectivity index is 2.72. The van der Waals surface area contributed by atoms with Gasteiger partial charge >= 0.3 is 0 Å². The summed E-state index contributed by atoms with van der Waals surface area (Å²) in [5.74, 6) is 0.497. The van der Waals surface area contributed by atoms with E-state index in [-0.39, 0.29) is 0 Å². The summed E-state index contributed by atoms with van der Waals surface area (Å²) < 4.78 is 26.7. The highest BCUT2D eigenvalue weighted by Gasteiger charge is 2.18. The third-order valence-electron chi connectivity index (χ3n) is 2.35. The van der Waals surface area contributed by atoms with E-state index in [0.717, 1.165) is 11.3 Å². The first-order valence-electron chi connectivity index (χ1n) is 5.68. The first-order valence-corrected chi connectivity index (χ1v) is 8.04. The number of sulfonamides is 1. The van der Waals surface area contributed by atoms with E-state index >= 15 is 0 Å². The summed E-state index contributed by atoms with van der Waals surface area (Å²) >= 11 is 1.46. The Labute approximate surface area is 107 Å². The zero-order valence-electron chi connectivity index (χ0n) is 10.5. The van der Waals surface area contributed by atoms with Gasteiger partial charge in [0.15, 0.2) is 0 Å². The molecule has 0 aliphatic rings. The van der Waals surface area contributed by atoms with E-state index < -0.39 is 10.0 Å².